The molecular formula is C11H18N4. The number of aromatic amines is 1. The van der Waals surface area contributed by atoms with Crippen molar-refractivity contribution in [3.05, 3.63) is 24.3 Å². The van der Waals surface area contributed by atoms with Crippen LogP contribution in [0.15, 0.2) is 12.7 Å². The van der Waals surface area contributed by atoms with Crippen LogP contribution in [0.25, 0.3) is 0 Å². The summed E-state index contributed by atoms with van der Waals surface area (Å²) in [6.45, 7) is 5.20. The van der Waals surface area contributed by atoms with Gasteiger partial charge in [0.1, 0.15) is 5.82 Å². The summed E-state index contributed by atoms with van der Waals surface area (Å²) in [5, 5.41) is 10.5. The van der Waals surface area contributed by atoms with Gasteiger partial charge in [0.05, 0.1) is 6.54 Å². The summed E-state index contributed by atoms with van der Waals surface area (Å²) >= 11 is 0. The van der Waals surface area contributed by atoms with E-state index >= 15 is 0 Å². The molecule has 1 heterocycles. The molecule has 4 heteroatoms. The molecule has 1 aromatic rings. The van der Waals surface area contributed by atoms with Gasteiger partial charge in [-0.25, -0.2) is 4.98 Å². The zero-order chi connectivity index (χ0) is 10.5. The lowest BCUT2D eigenvalue weighted by Crippen LogP contribution is -2.13. The Labute approximate surface area is 90.2 Å². The van der Waals surface area contributed by atoms with E-state index in [4.69, 9.17) is 0 Å². The topological polar surface area (TPSA) is 53.6 Å². The normalized spacial score (nSPS) is 17.1. The number of aromatic nitrogens is 3. The Morgan fingerprint density at radius 3 is 3.00 bits per heavy atom. The smallest absolute Gasteiger partial charge is 0.153 e. The summed E-state index contributed by atoms with van der Waals surface area (Å²) in [6.07, 6.45) is 6.98. The van der Waals surface area contributed by atoms with Gasteiger partial charge in [-0.05, 0) is 12.8 Å². The second-order valence-electron chi connectivity index (χ2n) is 4.04. The van der Waals surface area contributed by atoms with Gasteiger partial charge >= 0.3 is 0 Å². The molecule has 0 bridgehead atoms. The molecule has 2 N–H and O–H groups in total. The molecule has 0 aromatic carbocycles. The fourth-order valence-corrected chi connectivity index (χ4v) is 2.05. The van der Waals surface area contributed by atoms with E-state index < -0.39 is 0 Å². The molecule has 0 atom stereocenters. The third-order valence-electron chi connectivity index (χ3n) is 2.85. The fourth-order valence-electron chi connectivity index (χ4n) is 2.05. The zero-order valence-corrected chi connectivity index (χ0v) is 9.00. The Morgan fingerprint density at radius 1 is 1.47 bits per heavy atom. The number of hydrogen-bond donors (Lipinski definition) is 2. The fraction of sp³-hybridized carbons (Fsp3) is 0.636. The van der Waals surface area contributed by atoms with Crippen molar-refractivity contribution in [3.63, 3.8) is 0 Å². The summed E-state index contributed by atoms with van der Waals surface area (Å²) in [4.78, 5) is 4.50. The summed E-state index contributed by atoms with van der Waals surface area (Å²) in [7, 11) is 0. The van der Waals surface area contributed by atoms with Gasteiger partial charge < -0.3 is 5.32 Å². The number of hydrogen-bond acceptors (Lipinski definition) is 3. The summed E-state index contributed by atoms with van der Waals surface area (Å²) < 4.78 is 0. The van der Waals surface area contributed by atoms with E-state index in [1.165, 1.54) is 25.7 Å². The molecule has 2 rings (SSSR count). The van der Waals surface area contributed by atoms with Gasteiger partial charge in [0.15, 0.2) is 5.82 Å². The maximum absolute atomic E-state index is 4.50. The average Bonchev–Trinajstić information content (AvgIpc) is 2.87. The molecule has 1 aromatic heterocycles. The Bertz CT molecular complexity index is 312. The van der Waals surface area contributed by atoms with Crippen LogP contribution in [0.4, 0.5) is 0 Å². The first kappa shape index (κ1) is 10.4. The molecule has 4 nitrogen and oxygen atoms in total. The molecule has 1 saturated carbocycles. The number of nitrogens with one attached hydrogen (secondary N) is 2. The van der Waals surface area contributed by atoms with Crippen molar-refractivity contribution >= 4 is 0 Å². The summed E-state index contributed by atoms with van der Waals surface area (Å²) in [5.74, 6) is 2.52. The van der Waals surface area contributed by atoms with Crippen LogP contribution in [0.5, 0.6) is 0 Å². The van der Waals surface area contributed by atoms with Crippen molar-refractivity contribution in [2.45, 2.75) is 38.1 Å². The van der Waals surface area contributed by atoms with E-state index in [0.717, 1.165) is 24.7 Å². The Morgan fingerprint density at radius 2 is 2.27 bits per heavy atom. The highest BCUT2D eigenvalue weighted by molar-refractivity contribution is 4.99. The highest BCUT2D eigenvalue weighted by atomic mass is 15.2. The van der Waals surface area contributed by atoms with Crippen molar-refractivity contribution in [2.24, 2.45) is 0 Å². The Kier molecular flexibility index (Phi) is 3.50. The minimum atomic E-state index is 0.592. The van der Waals surface area contributed by atoms with Crippen molar-refractivity contribution in [1.82, 2.24) is 20.5 Å². The van der Waals surface area contributed by atoms with Crippen molar-refractivity contribution < 1.29 is 0 Å². The molecular weight excluding hydrogens is 188 g/mol. The monoisotopic (exact) mass is 206 g/mol. The predicted molar refractivity (Wildman–Crippen MR) is 59.5 cm³/mol. The molecule has 0 spiro atoms. The first-order chi connectivity index (χ1) is 7.40. The second kappa shape index (κ2) is 5.07. The molecule has 0 saturated heterocycles. The summed E-state index contributed by atoms with van der Waals surface area (Å²) in [5.41, 5.74) is 0. The number of H-pyrrole nitrogens is 1. The first-order valence-electron chi connectivity index (χ1n) is 5.63. The SMILES string of the molecule is C=CCNCc1nc(C2CCCC2)n[nH]1. The van der Waals surface area contributed by atoms with Crippen LogP contribution in [0, 0.1) is 0 Å². The van der Waals surface area contributed by atoms with Gasteiger partial charge in [0, 0.05) is 12.5 Å². The average molecular weight is 206 g/mol. The molecule has 0 aliphatic heterocycles. The maximum atomic E-state index is 4.50. The third kappa shape index (κ3) is 2.65. The molecule has 1 aliphatic carbocycles. The van der Waals surface area contributed by atoms with Gasteiger partial charge in [-0.2, -0.15) is 5.10 Å². The van der Waals surface area contributed by atoms with Gasteiger partial charge in [-0.15, -0.1) is 6.58 Å². The van der Waals surface area contributed by atoms with Crippen molar-refractivity contribution in [2.75, 3.05) is 6.54 Å². The second-order valence-corrected chi connectivity index (χ2v) is 4.04. The van der Waals surface area contributed by atoms with Gasteiger partial charge in [0.2, 0.25) is 0 Å². The molecule has 0 unspecified atom stereocenters. The minimum Gasteiger partial charge on any atom is -0.306 e. The van der Waals surface area contributed by atoms with Crippen LogP contribution < -0.4 is 5.32 Å². The lowest BCUT2D eigenvalue weighted by atomic mass is 10.1. The van der Waals surface area contributed by atoms with Gasteiger partial charge in [0.25, 0.3) is 0 Å². The Balaban J connectivity index is 1.88. The van der Waals surface area contributed by atoms with E-state index in [1.54, 1.807) is 0 Å². The zero-order valence-electron chi connectivity index (χ0n) is 9.00. The first-order valence-corrected chi connectivity index (χ1v) is 5.63. The quantitative estimate of drug-likeness (QED) is 0.570. The van der Waals surface area contributed by atoms with E-state index in [-0.39, 0.29) is 0 Å². The van der Waals surface area contributed by atoms with Gasteiger partial charge in [-0.1, -0.05) is 18.9 Å². The van der Waals surface area contributed by atoms with Crippen LogP contribution >= 0.6 is 0 Å². The van der Waals surface area contributed by atoms with E-state index in [0.29, 0.717) is 5.92 Å². The Hall–Kier alpha value is -1.16. The van der Waals surface area contributed by atoms with Crippen molar-refractivity contribution in [3.8, 4) is 0 Å². The highest BCUT2D eigenvalue weighted by Gasteiger charge is 2.20. The number of rotatable bonds is 5. The standard InChI is InChI=1S/C11H18N4/c1-2-7-12-8-10-13-11(15-14-10)9-5-3-4-6-9/h2,9,12H,1,3-8H2,(H,13,14,15). The third-order valence-corrected chi connectivity index (χ3v) is 2.85. The predicted octanol–water partition coefficient (Wildman–Crippen LogP) is 1.74. The van der Waals surface area contributed by atoms with E-state index in [1.807, 2.05) is 6.08 Å². The minimum absolute atomic E-state index is 0.592. The molecule has 1 aliphatic rings. The van der Waals surface area contributed by atoms with Crippen LogP contribution in [0.3, 0.4) is 0 Å². The lowest BCUT2D eigenvalue weighted by molar-refractivity contribution is 0.669. The molecule has 15 heavy (non-hydrogen) atoms. The molecule has 82 valence electrons. The van der Waals surface area contributed by atoms with Crippen LogP contribution in [-0.4, -0.2) is 21.7 Å². The lowest BCUT2D eigenvalue weighted by Gasteiger charge is -2.00. The van der Waals surface area contributed by atoms with E-state index in [9.17, 15) is 0 Å². The van der Waals surface area contributed by atoms with Crippen LogP contribution in [-0.2, 0) is 6.54 Å². The maximum Gasteiger partial charge on any atom is 0.153 e. The van der Waals surface area contributed by atoms with E-state index in [2.05, 4.69) is 27.1 Å². The van der Waals surface area contributed by atoms with Crippen molar-refractivity contribution in [1.29, 1.82) is 0 Å². The highest BCUT2D eigenvalue weighted by Crippen LogP contribution is 2.31. The van der Waals surface area contributed by atoms with Gasteiger partial charge in [-0.3, -0.25) is 5.10 Å². The summed E-state index contributed by atoms with van der Waals surface area (Å²) in [6, 6.07) is 0. The van der Waals surface area contributed by atoms with Crippen LogP contribution in [0.1, 0.15) is 43.3 Å². The molecule has 0 radical (unpaired) electrons. The van der Waals surface area contributed by atoms with Crippen LogP contribution in [0.2, 0.25) is 0 Å². The number of nitrogens with zero attached hydrogens (tertiary/aromatic N) is 2. The molecule has 1 fully saturated rings. The largest absolute Gasteiger partial charge is 0.306 e. The molecule has 0 amide bonds.